The van der Waals surface area contributed by atoms with Crippen LogP contribution in [0.3, 0.4) is 0 Å². The first kappa shape index (κ1) is 32.2. The molecule has 43 heavy (non-hydrogen) atoms. The average Bonchev–Trinajstić information content (AvgIpc) is 3.22. The predicted octanol–water partition coefficient (Wildman–Crippen LogP) is 6.76. The molecule has 1 unspecified atom stereocenters. The van der Waals surface area contributed by atoms with Crippen molar-refractivity contribution in [2.75, 3.05) is 6.54 Å². The van der Waals surface area contributed by atoms with E-state index in [4.69, 9.17) is 10.1 Å². The van der Waals surface area contributed by atoms with Gasteiger partial charge in [-0.1, -0.05) is 39.3 Å². The maximum Gasteiger partial charge on any atom is 0.416 e. The Morgan fingerprint density at radius 2 is 1.77 bits per heavy atom. The van der Waals surface area contributed by atoms with Crippen LogP contribution in [0.4, 0.5) is 17.6 Å². The summed E-state index contributed by atoms with van der Waals surface area (Å²) in [5, 5.41) is 11.4. The number of carboxylic acids is 1. The van der Waals surface area contributed by atoms with Crippen LogP contribution in [0.15, 0.2) is 47.5 Å². The lowest BCUT2D eigenvalue weighted by molar-refractivity contribution is -0.138. The van der Waals surface area contributed by atoms with Crippen molar-refractivity contribution < 1.29 is 37.1 Å². The summed E-state index contributed by atoms with van der Waals surface area (Å²) in [6.45, 7) is 6.22. The highest BCUT2D eigenvalue weighted by atomic mass is 19.4. The highest BCUT2D eigenvalue weighted by Gasteiger charge is 2.52. The van der Waals surface area contributed by atoms with Crippen LogP contribution >= 0.6 is 0 Å². The smallest absolute Gasteiger partial charge is 0.416 e. The zero-order chi connectivity index (χ0) is 31.5. The van der Waals surface area contributed by atoms with Crippen molar-refractivity contribution in [2.45, 2.75) is 83.6 Å². The number of hydrogen-bond acceptors (Lipinski definition) is 4. The molecule has 1 spiro atoms. The van der Waals surface area contributed by atoms with Crippen LogP contribution in [0.2, 0.25) is 0 Å². The van der Waals surface area contributed by atoms with E-state index in [-0.39, 0.29) is 24.2 Å². The Bertz CT molecular complexity index is 1380. The summed E-state index contributed by atoms with van der Waals surface area (Å²) in [4.78, 5) is 44.0. The zero-order valence-corrected chi connectivity index (χ0v) is 24.5. The molecule has 11 heteroatoms. The average molecular weight is 604 g/mol. The van der Waals surface area contributed by atoms with Crippen molar-refractivity contribution in [3.8, 4) is 0 Å². The third kappa shape index (κ3) is 7.08. The summed E-state index contributed by atoms with van der Waals surface area (Å²) >= 11 is 0. The molecule has 0 radical (unpaired) electrons. The zero-order valence-electron chi connectivity index (χ0n) is 24.5. The van der Waals surface area contributed by atoms with Crippen LogP contribution in [0.5, 0.6) is 0 Å². The van der Waals surface area contributed by atoms with Gasteiger partial charge in [0.15, 0.2) is 0 Å². The lowest BCUT2D eigenvalue weighted by Crippen LogP contribution is -2.51. The Labute approximate surface area is 248 Å². The minimum atomic E-state index is -4.79. The molecule has 1 fully saturated rings. The van der Waals surface area contributed by atoms with Gasteiger partial charge in [0.25, 0.3) is 11.8 Å². The summed E-state index contributed by atoms with van der Waals surface area (Å²) in [6.07, 6.45) is -1.18. The molecule has 0 aromatic heterocycles. The van der Waals surface area contributed by atoms with E-state index < -0.39 is 47.0 Å². The topological polar surface area (TPSA) is 99.1 Å². The van der Waals surface area contributed by atoms with Gasteiger partial charge in [-0.05, 0) is 79.8 Å². The molecule has 2 amide bonds. The van der Waals surface area contributed by atoms with E-state index in [9.17, 15) is 31.9 Å². The van der Waals surface area contributed by atoms with Gasteiger partial charge in [-0.25, -0.2) is 4.39 Å². The molecule has 1 aliphatic heterocycles. The second-order valence-corrected chi connectivity index (χ2v) is 11.8. The van der Waals surface area contributed by atoms with Gasteiger partial charge in [0.2, 0.25) is 0 Å². The highest BCUT2D eigenvalue weighted by molar-refractivity contribution is 6.46. The summed E-state index contributed by atoms with van der Waals surface area (Å²) in [5.41, 5.74) is -1.50. The molecule has 2 aromatic rings. The third-order valence-corrected chi connectivity index (χ3v) is 8.52. The van der Waals surface area contributed by atoms with Gasteiger partial charge in [-0.3, -0.25) is 19.4 Å². The second kappa shape index (κ2) is 12.9. The van der Waals surface area contributed by atoms with E-state index >= 15 is 0 Å². The molecular formula is C32H37F4N3O4. The number of nitrogens with zero attached hydrogens (tertiary/aromatic N) is 2. The van der Waals surface area contributed by atoms with Gasteiger partial charge < -0.3 is 15.3 Å². The second-order valence-electron chi connectivity index (χ2n) is 11.8. The number of benzene rings is 2. The van der Waals surface area contributed by atoms with Crippen LogP contribution in [0.25, 0.3) is 0 Å². The fraction of sp³-hybridized carbons (Fsp3) is 0.500. The van der Waals surface area contributed by atoms with E-state index in [1.54, 1.807) is 29.2 Å². The molecule has 1 atom stereocenters. The van der Waals surface area contributed by atoms with E-state index in [1.807, 2.05) is 6.92 Å². The number of alkyl halides is 3. The molecular weight excluding hydrogens is 566 g/mol. The number of aliphatic carboxylic acids is 1. The van der Waals surface area contributed by atoms with Gasteiger partial charge in [0.05, 0.1) is 18.0 Å². The van der Waals surface area contributed by atoms with E-state index in [1.165, 1.54) is 0 Å². The van der Waals surface area contributed by atoms with Crippen molar-refractivity contribution in [3.63, 3.8) is 0 Å². The normalized spacial score (nSPS) is 21.3. The molecule has 1 saturated carbocycles. The fourth-order valence-electron chi connectivity index (χ4n) is 6.20. The van der Waals surface area contributed by atoms with Crippen molar-refractivity contribution in [1.82, 2.24) is 10.2 Å². The van der Waals surface area contributed by atoms with Crippen molar-refractivity contribution in [1.29, 1.82) is 0 Å². The Morgan fingerprint density at radius 3 is 2.33 bits per heavy atom. The Balaban J connectivity index is 1.72. The van der Waals surface area contributed by atoms with Gasteiger partial charge in [0.1, 0.15) is 17.2 Å². The van der Waals surface area contributed by atoms with Gasteiger partial charge in [-0.2, -0.15) is 13.2 Å². The summed E-state index contributed by atoms with van der Waals surface area (Å²) in [7, 11) is 0. The van der Waals surface area contributed by atoms with Crippen molar-refractivity contribution in [3.05, 3.63) is 70.5 Å². The van der Waals surface area contributed by atoms with Crippen molar-refractivity contribution in [2.24, 2.45) is 16.8 Å². The first-order valence-electron chi connectivity index (χ1n) is 14.7. The molecule has 7 nitrogen and oxygen atoms in total. The van der Waals surface area contributed by atoms with Gasteiger partial charge in [0, 0.05) is 17.7 Å². The van der Waals surface area contributed by atoms with Crippen LogP contribution in [-0.2, 0) is 15.8 Å². The van der Waals surface area contributed by atoms with Crippen LogP contribution in [0.1, 0.15) is 98.8 Å². The van der Waals surface area contributed by atoms with Crippen LogP contribution in [0, 0.1) is 17.7 Å². The number of carbonyl (C=O) groups excluding carboxylic acids is 2. The molecule has 1 aliphatic carbocycles. The summed E-state index contributed by atoms with van der Waals surface area (Å²) in [6, 6.07) is 8.28. The molecule has 2 aromatic carbocycles. The lowest BCUT2D eigenvalue weighted by atomic mass is 9.76. The Hall–Kier alpha value is -3.76. The number of nitrogens with one attached hydrogen (secondary N) is 1. The first-order chi connectivity index (χ1) is 20.3. The maximum atomic E-state index is 14.4. The summed E-state index contributed by atoms with van der Waals surface area (Å²) in [5.74, 6) is -2.27. The Kier molecular flexibility index (Phi) is 9.61. The number of rotatable bonds is 10. The van der Waals surface area contributed by atoms with Gasteiger partial charge >= 0.3 is 12.1 Å². The van der Waals surface area contributed by atoms with Crippen molar-refractivity contribution >= 4 is 23.5 Å². The monoisotopic (exact) mass is 603 g/mol. The number of carbonyl (C=O) groups is 3. The summed E-state index contributed by atoms with van der Waals surface area (Å²) < 4.78 is 55.1. The first-order valence-corrected chi connectivity index (χ1v) is 14.7. The largest absolute Gasteiger partial charge is 0.481 e. The number of halogens is 4. The molecule has 0 saturated heterocycles. The van der Waals surface area contributed by atoms with Crippen LogP contribution < -0.4 is 5.32 Å². The maximum absolute atomic E-state index is 14.4. The molecule has 2 N–H and O–H groups in total. The molecule has 4 rings (SSSR count). The minimum absolute atomic E-state index is 0.0210. The van der Waals surface area contributed by atoms with Crippen LogP contribution in [-0.4, -0.2) is 45.7 Å². The molecule has 232 valence electrons. The van der Waals surface area contributed by atoms with E-state index in [0.29, 0.717) is 49.1 Å². The predicted molar refractivity (Wildman–Crippen MR) is 153 cm³/mol. The SMILES string of the molecule is CCCC(c1ccc(C(=O)NCCC(=O)O)cc1)N1C(=O)C(c2cc(F)cc(C(F)(F)F)c2)=NC12CCC(C(C)C)CC2. The quantitative estimate of drug-likeness (QED) is 0.293. The highest BCUT2D eigenvalue weighted by Crippen LogP contribution is 2.48. The minimum Gasteiger partial charge on any atom is -0.481 e. The Morgan fingerprint density at radius 1 is 1.12 bits per heavy atom. The molecule has 0 bridgehead atoms. The van der Waals surface area contributed by atoms with E-state index in [0.717, 1.165) is 30.5 Å². The standard InChI is InChI=1S/C32H37F4N3O4/c1-4-5-26(21-6-8-22(9-7-21)29(42)37-15-12-27(40)41)39-30(43)28(23-16-24(32(34,35)36)18-25(33)17-23)38-31(39)13-10-20(11-14-31)19(2)3/h6-9,16-20,26H,4-5,10-15H2,1-3H3,(H,37,42)(H,40,41). The number of aliphatic imine (C=N–C) groups is 1. The molecule has 1 heterocycles. The number of hydrogen-bond donors (Lipinski definition) is 2. The fourth-order valence-corrected chi connectivity index (χ4v) is 6.20. The molecule has 2 aliphatic rings. The third-order valence-electron chi connectivity index (χ3n) is 8.52. The lowest BCUT2D eigenvalue weighted by Gasteiger charge is -2.46. The van der Waals surface area contributed by atoms with E-state index in [2.05, 4.69) is 19.2 Å². The van der Waals surface area contributed by atoms with Gasteiger partial charge in [-0.15, -0.1) is 0 Å². The number of carboxylic acid groups (broad SMARTS) is 1. The number of amides is 2.